The van der Waals surface area contributed by atoms with Crippen LogP contribution in [0.15, 0.2) is 84.1 Å². The number of anilines is 2. The number of ether oxygens (including phenoxy) is 1. The summed E-state index contributed by atoms with van der Waals surface area (Å²) in [7, 11) is 0. The first kappa shape index (κ1) is 25.7. The molecule has 1 N–H and O–H groups in total. The van der Waals surface area contributed by atoms with Crippen molar-refractivity contribution in [2.24, 2.45) is 5.41 Å². The number of fused-ring (bicyclic) bond motifs is 1. The van der Waals surface area contributed by atoms with Crippen molar-refractivity contribution in [1.82, 2.24) is 0 Å². The molecule has 0 aromatic heterocycles. The summed E-state index contributed by atoms with van der Waals surface area (Å²) in [5.41, 5.74) is 3.13. The highest BCUT2D eigenvalue weighted by molar-refractivity contribution is 6.12. The van der Waals surface area contributed by atoms with Gasteiger partial charge in [0, 0.05) is 17.7 Å². The van der Waals surface area contributed by atoms with Crippen molar-refractivity contribution in [2.45, 2.75) is 52.5 Å². The second-order valence-corrected chi connectivity index (χ2v) is 10.8. The lowest BCUT2D eigenvalue weighted by molar-refractivity contribution is -0.118. The fourth-order valence-electron chi connectivity index (χ4n) is 5.37. The highest BCUT2D eigenvalue weighted by Crippen LogP contribution is 2.48. The first-order valence-electron chi connectivity index (χ1n) is 13.2. The molecule has 1 heterocycles. The number of benzene rings is 3. The number of para-hydroxylation sites is 2. The molecular weight excluding hydrogens is 479 g/mol. The number of hydrogen-bond acceptors (Lipinski definition) is 4. The number of carbonyl (C=O) groups is 2. The van der Waals surface area contributed by atoms with Crippen LogP contribution in [0.25, 0.3) is 0 Å². The quantitative estimate of drug-likeness (QED) is 0.348. The Morgan fingerprint density at radius 3 is 2.47 bits per heavy atom. The van der Waals surface area contributed by atoms with Gasteiger partial charge in [-0.3, -0.25) is 14.5 Å². The van der Waals surface area contributed by atoms with Gasteiger partial charge < -0.3 is 10.1 Å². The van der Waals surface area contributed by atoms with Crippen molar-refractivity contribution >= 4 is 23.1 Å². The van der Waals surface area contributed by atoms with Crippen molar-refractivity contribution in [2.75, 3.05) is 16.8 Å². The Hall–Kier alpha value is -3.93. The zero-order valence-electron chi connectivity index (χ0n) is 22.1. The summed E-state index contributed by atoms with van der Waals surface area (Å²) in [6, 6.07) is 20.3. The highest BCUT2D eigenvalue weighted by Gasteiger charge is 2.43. The van der Waals surface area contributed by atoms with E-state index in [4.69, 9.17) is 4.74 Å². The van der Waals surface area contributed by atoms with Gasteiger partial charge in [-0.25, -0.2) is 4.39 Å². The Balaban J connectivity index is 1.70. The van der Waals surface area contributed by atoms with Crippen LogP contribution >= 0.6 is 0 Å². The van der Waals surface area contributed by atoms with Gasteiger partial charge in [0.15, 0.2) is 5.78 Å². The van der Waals surface area contributed by atoms with Crippen LogP contribution in [0.3, 0.4) is 0 Å². The minimum Gasteiger partial charge on any atom is -0.494 e. The molecule has 196 valence electrons. The van der Waals surface area contributed by atoms with Crippen LogP contribution in [0.1, 0.15) is 68.4 Å². The van der Waals surface area contributed by atoms with E-state index in [1.54, 1.807) is 17.0 Å². The van der Waals surface area contributed by atoms with E-state index in [1.165, 1.54) is 12.1 Å². The Bertz CT molecular complexity index is 1390. The summed E-state index contributed by atoms with van der Waals surface area (Å²) in [5.74, 6) is -0.393. The van der Waals surface area contributed by atoms with Crippen LogP contribution in [0.5, 0.6) is 5.75 Å². The predicted octanol–water partition coefficient (Wildman–Crippen LogP) is 7.46. The second-order valence-electron chi connectivity index (χ2n) is 10.8. The number of halogens is 1. The number of amides is 1. The Labute approximate surface area is 223 Å². The molecule has 5 nitrogen and oxygen atoms in total. The zero-order chi connectivity index (χ0) is 26.9. The SMILES string of the molecule is CCCCOc1ccc([C@H]2C3=C(CC(C)(C)CC3=O)Nc3ccccc3N2C(=O)c2ccccc2F)cc1. The lowest BCUT2D eigenvalue weighted by Gasteiger charge is -2.37. The normalized spacial score (nSPS) is 18.3. The Morgan fingerprint density at radius 2 is 1.74 bits per heavy atom. The third kappa shape index (κ3) is 4.95. The Morgan fingerprint density at radius 1 is 1.03 bits per heavy atom. The maximum atomic E-state index is 15.0. The number of hydrogen-bond donors (Lipinski definition) is 1. The second kappa shape index (κ2) is 10.4. The van der Waals surface area contributed by atoms with Crippen molar-refractivity contribution < 1.29 is 18.7 Å². The van der Waals surface area contributed by atoms with Crippen molar-refractivity contribution in [3.63, 3.8) is 0 Å². The fourth-order valence-corrected chi connectivity index (χ4v) is 5.37. The van der Waals surface area contributed by atoms with Crippen LogP contribution in [0.2, 0.25) is 0 Å². The topological polar surface area (TPSA) is 58.6 Å². The van der Waals surface area contributed by atoms with Gasteiger partial charge in [-0.2, -0.15) is 0 Å². The standard InChI is InChI=1S/C32H33FN2O3/c1-4-5-18-38-22-16-14-21(15-17-22)30-29-26(19-32(2,3)20-28(29)36)34-25-12-8-9-13-27(25)35(30)31(37)23-10-6-7-11-24(23)33/h6-17,30,34H,4-5,18-20H2,1-3H3/t30-/m0/s1. The molecule has 1 aliphatic heterocycles. The molecule has 0 bridgehead atoms. The average molecular weight is 513 g/mol. The molecule has 0 spiro atoms. The summed E-state index contributed by atoms with van der Waals surface area (Å²) in [6.07, 6.45) is 3.01. The number of ketones is 1. The van der Waals surface area contributed by atoms with E-state index in [0.717, 1.165) is 29.9 Å². The summed E-state index contributed by atoms with van der Waals surface area (Å²) in [6.45, 7) is 6.89. The molecule has 3 aromatic carbocycles. The lowest BCUT2D eigenvalue weighted by atomic mass is 9.73. The highest BCUT2D eigenvalue weighted by atomic mass is 19.1. The van der Waals surface area contributed by atoms with Gasteiger partial charge in [0.25, 0.3) is 5.91 Å². The maximum Gasteiger partial charge on any atom is 0.262 e. The molecule has 1 amide bonds. The number of Topliss-reactive ketones (excluding diaryl/α,β-unsaturated/α-hetero) is 1. The van der Waals surface area contributed by atoms with Gasteiger partial charge in [-0.1, -0.05) is 63.6 Å². The molecule has 3 aromatic rings. The summed E-state index contributed by atoms with van der Waals surface area (Å²) >= 11 is 0. The zero-order valence-corrected chi connectivity index (χ0v) is 22.1. The van der Waals surface area contributed by atoms with Crippen LogP contribution < -0.4 is 15.0 Å². The summed E-state index contributed by atoms with van der Waals surface area (Å²) < 4.78 is 20.8. The van der Waals surface area contributed by atoms with E-state index in [1.807, 2.05) is 48.5 Å². The molecule has 1 aliphatic carbocycles. The van der Waals surface area contributed by atoms with Crippen molar-refractivity contribution in [3.05, 3.63) is 101 Å². The number of unbranched alkanes of at least 4 members (excludes halogenated alkanes) is 1. The first-order chi connectivity index (χ1) is 18.3. The van der Waals surface area contributed by atoms with Gasteiger partial charge in [0.2, 0.25) is 0 Å². The molecule has 0 unspecified atom stereocenters. The number of nitrogens with one attached hydrogen (secondary N) is 1. The third-order valence-corrected chi connectivity index (χ3v) is 7.19. The molecule has 38 heavy (non-hydrogen) atoms. The van der Waals surface area contributed by atoms with Crippen LogP contribution in [0.4, 0.5) is 15.8 Å². The first-order valence-corrected chi connectivity index (χ1v) is 13.2. The molecule has 2 aliphatic rings. The Kier molecular flexibility index (Phi) is 7.06. The molecular formula is C32H33FN2O3. The van der Waals surface area contributed by atoms with E-state index in [0.29, 0.717) is 36.4 Å². The molecule has 0 saturated carbocycles. The fraction of sp³-hybridized carbons (Fsp3) is 0.312. The molecule has 6 heteroatoms. The van der Waals surface area contributed by atoms with E-state index < -0.39 is 17.8 Å². The predicted molar refractivity (Wildman–Crippen MR) is 148 cm³/mol. The molecule has 1 atom stereocenters. The van der Waals surface area contributed by atoms with Crippen LogP contribution in [-0.2, 0) is 4.79 Å². The van der Waals surface area contributed by atoms with E-state index in [9.17, 15) is 14.0 Å². The number of nitrogens with zero attached hydrogens (tertiary/aromatic N) is 1. The van der Waals surface area contributed by atoms with Crippen LogP contribution in [-0.4, -0.2) is 18.3 Å². The summed E-state index contributed by atoms with van der Waals surface area (Å²) in [4.78, 5) is 29.6. The maximum absolute atomic E-state index is 15.0. The van der Waals surface area contributed by atoms with Crippen LogP contribution in [0, 0.1) is 11.2 Å². The average Bonchev–Trinajstić information content (AvgIpc) is 3.03. The van der Waals surface area contributed by atoms with Gasteiger partial charge in [-0.15, -0.1) is 0 Å². The molecule has 0 saturated heterocycles. The monoisotopic (exact) mass is 512 g/mol. The van der Waals surface area contributed by atoms with E-state index in [-0.39, 0.29) is 16.8 Å². The van der Waals surface area contributed by atoms with E-state index >= 15 is 0 Å². The van der Waals surface area contributed by atoms with Crippen molar-refractivity contribution in [1.29, 1.82) is 0 Å². The van der Waals surface area contributed by atoms with Crippen molar-refractivity contribution in [3.8, 4) is 5.75 Å². The van der Waals surface area contributed by atoms with Gasteiger partial charge in [0.05, 0.1) is 29.6 Å². The molecule has 0 fully saturated rings. The van der Waals surface area contributed by atoms with Gasteiger partial charge >= 0.3 is 0 Å². The smallest absolute Gasteiger partial charge is 0.262 e. The number of allylic oxidation sites excluding steroid dienone is 1. The largest absolute Gasteiger partial charge is 0.494 e. The minimum atomic E-state index is -0.735. The molecule has 0 radical (unpaired) electrons. The van der Waals surface area contributed by atoms with Gasteiger partial charge in [0.1, 0.15) is 11.6 Å². The number of rotatable bonds is 6. The molecule has 5 rings (SSSR count). The third-order valence-electron chi connectivity index (χ3n) is 7.19. The minimum absolute atomic E-state index is 0.0174. The summed E-state index contributed by atoms with van der Waals surface area (Å²) in [5, 5.41) is 3.49. The number of carbonyl (C=O) groups excluding carboxylic acids is 2. The lowest BCUT2D eigenvalue weighted by Crippen LogP contribution is -2.39. The van der Waals surface area contributed by atoms with Gasteiger partial charge in [-0.05, 0) is 60.2 Å². The van der Waals surface area contributed by atoms with E-state index in [2.05, 4.69) is 26.1 Å².